The smallest absolute Gasteiger partial charge is 0.226 e. The molecule has 1 saturated carbocycles. The van der Waals surface area contributed by atoms with Crippen LogP contribution in [-0.4, -0.2) is 41.0 Å². The maximum Gasteiger partial charge on any atom is 0.226 e. The van der Waals surface area contributed by atoms with E-state index in [1.807, 2.05) is 23.1 Å². The lowest BCUT2D eigenvalue weighted by Crippen LogP contribution is -2.56. The Morgan fingerprint density at radius 2 is 2.03 bits per heavy atom. The van der Waals surface area contributed by atoms with Gasteiger partial charge in [0.05, 0.1) is 19.1 Å². The van der Waals surface area contributed by atoms with Gasteiger partial charge in [-0.1, -0.05) is 24.3 Å². The number of hydrogen-bond donors (Lipinski definition) is 1. The minimum Gasteiger partial charge on any atom is -0.489 e. The maximum absolute atomic E-state index is 14.5. The number of hydrogen-bond acceptors (Lipinski definition) is 4. The van der Waals surface area contributed by atoms with Crippen molar-refractivity contribution < 1.29 is 22.7 Å². The Labute approximate surface area is 189 Å². The van der Waals surface area contributed by atoms with Crippen molar-refractivity contribution in [3.8, 4) is 16.9 Å². The molecule has 1 saturated heterocycles. The number of halogens is 3. The molecule has 2 aromatic rings. The third-order valence-electron chi connectivity index (χ3n) is 6.39. The van der Waals surface area contributed by atoms with Crippen LogP contribution >= 0.6 is 11.9 Å². The number of nitrogens with zero attached hydrogens (tertiary/aromatic N) is 1. The summed E-state index contributed by atoms with van der Waals surface area (Å²) in [6.45, 7) is 0.626. The van der Waals surface area contributed by atoms with Crippen LogP contribution in [-0.2, 0) is 11.2 Å². The van der Waals surface area contributed by atoms with E-state index in [9.17, 15) is 18.0 Å². The lowest BCUT2D eigenvalue weighted by molar-refractivity contribution is -0.136. The number of piperidine rings is 1. The first kappa shape index (κ1) is 21.6. The first-order valence-corrected chi connectivity index (χ1v) is 11.9. The molecule has 2 fully saturated rings. The van der Waals surface area contributed by atoms with Gasteiger partial charge in [0.25, 0.3) is 0 Å². The summed E-state index contributed by atoms with van der Waals surface area (Å²) in [5.41, 5.74) is 1.93. The van der Waals surface area contributed by atoms with Crippen LogP contribution in [0.15, 0.2) is 36.4 Å². The lowest BCUT2D eigenvalue weighted by atomic mass is 9.90. The van der Waals surface area contributed by atoms with Crippen molar-refractivity contribution in [2.45, 2.75) is 55.6 Å². The van der Waals surface area contributed by atoms with Crippen molar-refractivity contribution in [2.75, 3.05) is 13.2 Å². The summed E-state index contributed by atoms with van der Waals surface area (Å²) >= 11 is 1.14. The minimum atomic E-state index is -1.19. The van der Waals surface area contributed by atoms with Gasteiger partial charge in [-0.3, -0.25) is 9.52 Å². The summed E-state index contributed by atoms with van der Waals surface area (Å²) in [4.78, 5) is 14.9. The van der Waals surface area contributed by atoms with Crippen molar-refractivity contribution in [3.05, 3.63) is 53.6 Å². The molecule has 32 heavy (non-hydrogen) atoms. The van der Waals surface area contributed by atoms with Crippen LogP contribution in [0.1, 0.15) is 37.7 Å². The van der Waals surface area contributed by atoms with Crippen molar-refractivity contribution in [3.63, 3.8) is 0 Å². The maximum atomic E-state index is 14.5. The van der Waals surface area contributed by atoms with Crippen molar-refractivity contribution in [1.29, 1.82) is 0 Å². The van der Waals surface area contributed by atoms with Crippen LogP contribution in [0, 0.1) is 11.6 Å². The highest BCUT2D eigenvalue weighted by Crippen LogP contribution is 2.48. The number of alkyl halides is 1. The summed E-state index contributed by atoms with van der Waals surface area (Å²) in [5, 5.41) is -1.19. The lowest BCUT2D eigenvalue weighted by Gasteiger charge is -2.42. The molecule has 1 amide bonds. The molecule has 2 aromatic carbocycles. The van der Waals surface area contributed by atoms with E-state index in [-0.39, 0.29) is 36.8 Å². The van der Waals surface area contributed by atoms with Gasteiger partial charge in [0.2, 0.25) is 5.91 Å². The highest BCUT2D eigenvalue weighted by molar-refractivity contribution is 7.98. The Balaban J connectivity index is 1.50. The molecule has 2 aliphatic heterocycles. The highest BCUT2D eigenvalue weighted by atomic mass is 32.2. The predicted molar refractivity (Wildman–Crippen MR) is 118 cm³/mol. The first-order chi connectivity index (χ1) is 15.4. The van der Waals surface area contributed by atoms with Crippen molar-refractivity contribution in [2.24, 2.45) is 0 Å². The number of carbonyl (C=O) groups excluding carboxylic acids is 1. The van der Waals surface area contributed by atoms with Gasteiger partial charge in [0, 0.05) is 24.2 Å². The second-order valence-corrected chi connectivity index (χ2v) is 9.94. The largest absolute Gasteiger partial charge is 0.489 e. The molecule has 1 N–H and O–H groups in total. The number of ether oxygens (including phenoxy) is 1. The van der Waals surface area contributed by atoms with Gasteiger partial charge in [-0.2, -0.15) is 0 Å². The molecule has 5 rings (SSSR count). The average Bonchev–Trinajstić information content (AvgIpc) is 3.51. The normalized spacial score (nSPS) is 24.5. The quantitative estimate of drug-likeness (QED) is 0.651. The number of nitrogens with one attached hydrogen (secondary N) is 1. The Morgan fingerprint density at radius 1 is 1.19 bits per heavy atom. The van der Waals surface area contributed by atoms with E-state index in [2.05, 4.69) is 4.72 Å². The monoisotopic (exact) mass is 462 g/mol. The standard InChI is InChI=1S/C24H25F3N2O2S/c25-17-13-18-16-4-1-3-15(11-16)12-21-20(28-32-24(27)7-8-24)5-2-9-29(21)22(30)6-10-31-23(18)19(26)14-17/h1,3-4,11,13-14,20-21,28H,2,5-10,12H2. The molecule has 2 unspecified atom stereocenters. The van der Waals surface area contributed by atoms with E-state index < -0.39 is 16.6 Å². The van der Waals surface area contributed by atoms with E-state index in [4.69, 9.17) is 4.74 Å². The third-order valence-corrected chi connectivity index (χ3v) is 7.58. The molecule has 3 aliphatic rings. The van der Waals surface area contributed by atoms with Crippen LogP contribution in [0.4, 0.5) is 13.2 Å². The first-order valence-electron chi connectivity index (χ1n) is 11.0. The average molecular weight is 463 g/mol. The number of benzene rings is 2. The summed E-state index contributed by atoms with van der Waals surface area (Å²) in [6.07, 6.45) is 3.45. The van der Waals surface area contributed by atoms with E-state index in [0.29, 0.717) is 36.9 Å². The Morgan fingerprint density at radius 3 is 2.84 bits per heavy atom. The van der Waals surface area contributed by atoms with Gasteiger partial charge >= 0.3 is 0 Å². The SMILES string of the molecule is O=C1CCOc2c(F)cc(F)cc2-c2cccc(c2)CC2C(NSC3(F)CC3)CCCN12. The zero-order valence-corrected chi connectivity index (χ0v) is 18.4. The third kappa shape index (κ3) is 4.48. The molecular weight excluding hydrogens is 437 g/mol. The molecule has 0 radical (unpaired) electrons. The Bertz CT molecular complexity index is 1030. The van der Waals surface area contributed by atoms with Gasteiger partial charge in [-0.05, 0) is 61.2 Å². The van der Waals surface area contributed by atoms with Crippen LogP contribution in [0.3, 0.4) is 0 Å². The molecule has 2 bridgehead atoms. The van der Waals surface area contributed by atoms with Crippen LogP contribution in [0.5, 0.6) is 5.75 Å². The fourth-order valence-electron chi connectivity index (χ4n) is 4.55. The topological polar surface area (TPSA) is 41.6 Å². The van der Waals surface area contributed by atoms with Crippen LogP contribution in [0.25, 0.3) is 11.1 Å². The number of carbonyl (C=O) groups is 1. The van der Waals surface area contributed by atoms with E-state index in [1.165, 1.54) is 6.07 Å². The minimum absolute atomic E-state index is 0.00225. The molecule has 2 atom stereocenters. The van der Waals surface area contributed by atoms with Crippen LogP contribution in [0.2, 0.25) is 0 Å². The van der Waals surface area contributed by atoms with Gasteiger partial charge in [-0.15, -0.1) is 0 Å². The fourth-order valence-corrected chi connectivity index (χ4v) is 5.49. The van der Waals surface area contributed by atoms with Gasteiger partial charge in [0.15, 0.2) is 16.6 Å². The number of amides is 1. The number of fused-ring (bicyclic) bond motifs is 5. The van der Waals surface area contributed by atoms with Gasteiger partial charge in [-0.25, -0.2) is 13.2 Å². The number of rotatable bonds is 3. The van der Waals surface area contributed by atoms with Gasteiger partial charge in [0.1, 0.15) is 5.82 Å². The van der Waals surface area contributed by atoms with E-state index in [0.717, 1.165) is 36.4 Å². The molecule has 0 aromatic heterocycles. The zero-order chi connectivity index (χ0) is 22.3. The Hall–Kier alpha value is -2.19. The van der Waals surface area contributed by atoms with E-state index in [1.54, 1.807) is 6.07 Å². The second kappa shape index (κ2) is 8.63. The fraction of sp³-hybridized carbons (Fsp3) is 0.458. The summed E-state index contributed by atoms with van der Waals surface area (Å²) in [6, 6.07) is 9.36. The molecule has 1 aliphatic carbocycles. The predicted octanol–water partition coefficient (Wildman–Crippen LogP) is 5.01. The van der Waals surface area contributed by atoms with Crippen molar-refractivity contribution in [1.82, 2.24) is 9.62 Å². The highest BCUT2D eigenvalue weighted by Gasteiger charge is 2.46. The van der Waals surface area contributed by atoms with Crippen LogP contribution < -0.4 is 9.46 Å². The van der Waals surface area contributed by atoms with E-state index >= 15 is 0 Å². The molecule has 4 nitrogen and oxygen atoms in total. The van der Waals surface area contributed by atoms with Gasteiger partial charge < -0.3 is 9.64 Å². The molecule has 0 spiro atoms. The summed E-state index contributed by atoms with van der Waals surface area (Å²) in [5.74, 6) is -1.58. The molecule has 8 heteroatoms. The van der Waals surface area contributed by atoms with Crippen molar-refractivity contribution >= 4 is 17.9 Å². The summed E-state index contributed by atoms with van der Waals surface area (Å²) in [7, 11) is 0. The molecule has 2 heterocycles. The molecular formula is C24H25F3N2O2S. The second-order valence-electron chi connectivity index (χ2n) is 8.77. The zero-order valence-electron chi connectivity index (χ0n) is 17.6. The summed E-state index contributed by atoms with van der Waals surface area (Å²) < 4.78 is 51.7. The Kier molecular flexibility index (Phi) is 5.84. The molecule has 170 valence electrons.